The molecular formula is C13H11BrIN. The van der Waals surface area contributed by atoms with Gasteiger partial charge in [-0.1, -0.05) is 46.3 Å². The number of anilines is 1. The minimum absolute atomic E-state index is 0.835. The van der Waals surface area contributed by atoms with E-state index in [1.54, 1.807) is 0 Å². The van der Waals surface area contributed by atoms with Gasteiger partial charge in [0.15, 0.2) is 0 Å². The molecule has 1 nitrogen and oxygen atoms in total. The fraction of sp³-hybridized carbons (Fsp3) is 0.0769. The van der Waals surface area contributed by atoms with Crippen LogP contribution < -0.4 is 5.32 Å². The maximum atomic E-state index is 3.55. The molecule has 0 radical (unpaired) electrons. The monoisotopic (exact) mass is 387 g/mol. The molecule has 0 aliphatic rings. The molecule has 0 amide bonds. The molecule has 0 aliphatic carbocycles. The van der Waals surface area contributed by atoms with E-state index in [1.807, 2.05) is 18.2 Å². The molecule has 16 heavy (non-hydrogen) atoms. The molecule has 0 spiro atoms. The SMILES string of the molecule is Brc1ccccc1CNc1ccccc1I. The first-order valence-electron chi connectivity index (χ1n) is 4.99. The summed E-state index contributed by atoms with van der Waals surface area (Å²) in [6.07, 6.45) is 0. The first-order valence-corrected chi connectivity index (χ1v) is 6.86. The summed E-state index contributed by atoms with van der Waals surface area (Å²) in [5, 5.41) is 3.43. The number of benzene rings is 2. The highest BCUT2D eigenvalue weighted by Gasteiger charge is 2.00. The second kappa shape index (κ2) is 5.68. The Kier molecular flexibility index (Phi) is 4.23. The predicted molar refractivity (Wildman–Crippen MR) is 80.6 cm³/mol. The van der Waals surface area contributed by atoms with E-state index in [-0.39, 0.29) is 0 Å². The van der Waals surface area contributed by atoms with E-state index in [0.29, 0.717) is 0 Å². The van der Waals surface area contributed by atoms with Crippen LogP contribution in [0.4, 0.5) is 5.69 Å². The van der Waals surface area contributed by atoms with Gasteiger partial charge in [-0.15, -0.1) is 0 Å². The number of para-hydroxylation sites is 1. The van der Waals surface area contributed by atoms with Crippen molar-refractivity contribution in [3.8, 4) is 0 Å². The van der Waals surface area contributed by atoms with Crippen LogP contribution in [0, 0.1) is 3.57 Å². The molecule has 0 unspecified atom stereocenters. The Bertz CT molecular complexity index is 439. The average Bonchev–Trinajstić information content (AvgIpc) is 2.30. The maximum Gasteiger partial charge on any atom is 0.0478 e. The predicted octanol–water partition coefficient (Wildman–Crippen LogP) is 4.67. The lowest BCUT2D eigenvalue weighted by molar-refractivity contribution is 1.13. The molecule has 2 rings (SSSR count). The topological polar surface area (TPSA) is 12.0 Å². The Morgan fingerprint density at radius 1 is 1.00 bits per heavy atom. The highest BCUT2D eigenvalue weighted by atomic mass is 127. The number of hydrogen-bond donors (Lipinski definition) is 1. The van der Waals surface area contributed by atoms with Crippen LogP contribution in [0.3, 0.4) is 0 Å². The first-order chi connectivity index (χ1) is 7.77. The minimum Gasteiger partial charge on any atom is -0.380 e. The normalized spacial score (nSPS) is 10.1. The maximum absolute atomic E-state index is 3.55. The third-order valence-corrected chi connectivity index (χ3v) is 4.02. The lowest BCUT2D eigenvalue weighted by atomic mass is 10.2. The van der Waals surface area contributed by atoms with Crippen molar-refractivity contribution in [1.82, 2.24) is 0 Å². The molecule has 2 aromatic carbocycles. The van der Waals surface area contributed by atoms with E-state index in [1.165, 1.54) is 14.8 Å². The van der Waals surface area contributed by atoms with Gasteiger partial charge in [0.1, 0.15) is 0 Å². The summed E-state index contributed by atoms with van der Waals surface area (Å²) < 4.78 is 2.39. The molecule has 0 fully saturated rings. The minimum atomic E-state index is 0.835. The smallest absolute Gasteiger partial charge is 0.0478 e. The molecule has 2 aromatic rings. The number of nitrogens with one attached hydrogen (secondary N) is 1. The molecule has 0 aliphatic heterocycles. The third-order valence-electron chi connectivity index (χ3n) is 2.30. The Hall–Kier alpha value is -0.550. The van der Waals surface area contributed by atoms with Crippen LogP contribution in [0.5, 0.6) is 0 Å². The first kappa shape index (κ1) is 11.9. The molecule has 0 saturated heterocycles. The highest BCUT2D eigenvalue weighted by molar-refractivity contribution is 14.1. The van der Waals surface area contributed by atoms with Crippen molar-refractivity contribution < 1.29 is 0 Å². The van der Waals surface area contributed by atoms with E-state index in [0.717, 1.165) is 11.0 Å². The number of hydrogen-bond acceptors (Lipinski definition) is 1. The second-order valence-corrected chi connectivity index (χ2v) is 5.44. The summed E-state index contributed by atoms with van der Waals surface area (Å²) in [6.45, 7) is 0.835. The van der Waals surface area contributed by atoms with Gasteiger partial charge in [-0.3, -0.25) is 0 Å². The lowest BCUT2D eigenvalue weighted by Crippen LogP contribution is -2.01. The van der Waals surface area contributed by atoms with E-state index >= 15 is 0 Å². The highest BCUT2D eigenvalue weighted by Crippen LogP contribution is 2.20. The quantitative estimate of drug-likeness (QED) is 0.755. The summed E-state index contributed by atoms with van der Waals surface area (Å²) >= 11 is 5.88. The zero-order chi connectivity index (χ0) is 11.4. The summed E-state index contributed by atoms with van der Waals surface area (Å²) in [7, 11) is 0. The summed E-state index contributed by atoms with van der Waals surface area (Å²) in [5.74, 6) is 0. The fourth-order valence-corrected chi connectivity index (χ4v) is 2.44. The van der Waals surface area contributed by atoms with Gasteiger partial charge < -0.3 is 5.32 Å². The Morgan fingerprint density at radius 3 is 2.44 bits per heavy atom. The van der Waals surface area contributed by atoms with Crippen LogP contribution in [-0.2, 0) is 6.54 Å². The molecule has 82 valence electrons. The largest absolute Gasteiger partial charge is 0.380 e. The Balaban J connectivity index is 2.09. The molecule has 3 heteroatoms. The number of rotatable bonds is 3. The fourth-order valence-electron chi connectivity index (χ4n) is 1.44. The van der Waals surface area contributed by atoms with Crippen molar-refractivity contribution in [1.29, 1.82) is 0 Å². The standard InChI is InChI=1S/C13H11BrIN/c14-11-6-2-1-5-10(11)9-16-13-8-4-3-7-12(13)15/h1-8,16H,9H2. The van der Waals surface area contributed by atoms with Gasteiger partial charge in [0.2, 0.25) is 0 Å². The summed E-state index contributed by atoms with van der Waals surface area (Å²) in [4.78, 5) is 0. The molecular weight excluding hydrogens is 377 g/mol. The number of halogens is 2. The van der Waals surface area contributed by atoms with E-state index in [9.17, 15) is 0 Å². The van der Waals surface area contributed by atoms with Gasteiger partial charge in [-0.2, -0.15) is 0 Å². The Labute approximate surface area is 118 Å². The second-order valence-electron chi connectivity index (χ2n) is 3.42. The zero-order valence-electron chi connectivity index (χ0n) is 8.58. The third kappa shape index (κ3) is 2.98. The van der Waals surface area contributed by atoms with Gasteiger partial charge in [-0.05, 0) is 46.4 Å². The molecule has 0 bridgehead atoms. The van der Waals surface area contributed by atoms with Crippen molar-refractivity contribution in [2.45, 2.75) is 6.54 Å². The van der Waals surface area contributed by atoms with Gasteiger partial charge in [0.05, 0.1) is 0 Å². The molecule has 1 N–H and O–H groups in total. The van der Waals surface area contributed by atoms with E-state index in [4.69, 9.17) is 0 Å². The van der Waals surface area contributed by atoms with E-state index in [2.05, 4.69) is 74.2 Å². The lowest BCUT2D eigenvalue weighted by Gasteiger charge is -2.09. The Morgan fingerprint density at radius 2 is 1.69 bits per heavy atom. The zero-order valence-corrected chi connectivity index (χ0v) is 12.3. The van der Waals surface area contributed by atoms with Gasteiger partial charge in [0, 0.05) is 20.3 Å². The van der Waals surface area contributed by atoms with Crippen LogP contribution in [-0.4, -0.2) is 0 Å². The van der Waals surface area contributed by atoms with E-state index < -0.39 is 0 Å². The molecule has 0 saturated carbocycles. The summed E-state index contributed by atoms with van der Waals surface area (Å²) in [6, 6.07) is 16.6. The van der Waals surface area contributed by atoms with Crippen molar-refractivity contribution >= 4 is 44.2 Å². The van der Waals surface area contributed by atoms with Crippen LogP contribution in [0.15, 0.2) is 53.0 Å². The molecule has 0 atom stereocenters. The van der Waals surface area contributed by atoms with Crippen molar-refractivity contribution in [2.24, 2.45) is 0 Å². The van der Waals surface area contributed by atoms with Crippen LogP contribution in [0.2, 0.25) is 0 Å². The average molecular weight is 388 g/mol. The van der Waals surface area contributed by atoms with Crippen molar-refractivity contribution in [3.63, 3.8) is 0 Å². The van der Waals surface area contributed by atoms with Gasteiger partial charge in [-0.25, -0.2) is 0 Å². The van der Waals surface area contributed by atoms with Crippen LogP contribution in [0.1, 0.15) is 5.56 Å². The molecule has 0 heterocycles. The van der Waals surface area contributed by atoms with Gasteiger partial charge >= 0.3 is 0 Å². The van der Waals surface area contributed by atoms with Gasteiger partial charge in [0.25, 0.3) is 0 Å². The van der Waals surface area contributed by atoms with Crippen molar-refractivity contribution in [2.75, 3.05) is 5.32 Å². The molecule has 0 aromatic heterocycles. The summed E-state index contributed by atoms with van der Waals surface area (Å²) in [5.41, 5.74) is 2.45. The van der Waals surface area contributed by atoms with Crippen molar-refractivity contribution in [3.05, 3.63) is 62.1 Å². The van der Waals surface area contributed by atoms with Crippen LogP contribution >= 0.6 is 38.5 Å². The van der Waals surface area contributed by atoms with Crippen LogP contribution in [0.25, 0.3) is 0 Å².